The molecule has 0 unspecified atom stereocenters. The number of aryl methyl sites for hydroxylation is 1. The Morgan fingerprint density at radius 1 is 1.03 bits per heavy atom. The highest BCUT2D eigenvalue weighted by atomic mass is 15.2. The van der Waals surface area contributed by atoms with E-state index in [1.54, 1.807) is 18.7 Å². The average molecular weight is 422 g/mol. The third-order valence-electron chi connectivity index (χ3n) is 5.93. The first-order valence-corrected chi connectivity index (χ1v) is 10.7. The van der Waals surface area contributed by atoms with Crippen LogP contribution in [0.15, 0.2) is 55.1 Å². The smallest absolute Gasteiger partial charge is 0.141 e. The first-order chi connectivity index (χ1) is 15.7. The van der Waals surface area contributed by atoms with Crippen molar-refractivity contribution in [2.24, 2.45) is 0 Å². The van der Waals surface area contributed by atoms with Gasteiger partial charge >= 0.3 is 0 Å². The SMILES string of the molecule is CCN(c1ccc2nccnc2c1)c1ncnc2c1CN(c1ccc(C)cc1C#N)CC2. The van der Waals surface area contributed by atoms with Crippen LogP contribution in [0.1, 0.15) is 29.3 Å². The molecule has 1 aliphatic rings. The molecule has 0 saturated heterocycles. The summed E-state index contributed by atoms with van der Waals surface area (Å²) >= 11 is 0. The molecular formula is C25H23N7. The lowest BCUT2D eigenvalue weighted by Crippen LogP contribution is -2.33. The van der Waals surface area contributed by atoms with E-state index in [4.69, 9.17) is 4.98 Å². The van der Waals surface area contributed by atoms with Crippen molar-refractivity contribution in [3.05, 3.63) is 77.5 Å². The monoisotopic (exact) mass is 421 g/mol. The minimum Gasteiger partial charge on any atom is -0.366 e. The number of nitrogens with zero attached hydrogens (tertiary/aromatic N) is 7. The molecule has 158 valence electrons. The van der Waals surface area contributed by atoms with Gasteiger partial charge in [-0.25, -0.2) is 9.97 Å². The Morgan fingerprint density at radius 2 is 1.88 bits per heavy atom. The van der Waals surface area contributed by atoms with E-state index < -0.39 is 0 Å². The van der Waals surface area contributed by atoms with Gasteiger partial charge in [-0.15, -0.1) is 0 Å². The number of hydrogen-bond acceptors (Lipinski definition) is 7. The van der Waals surface area contributed by atoms with Crippen LogP contribution in [-0.4, -0.2) is 33.0 Å². The number of fused-ring (bicyclic) bond motifs is 2. The molecule has 4 aromatic rings. The highest BCUT2D eigenvalue weighted by Gasteiger charge is 2.25. The Bertz CT molecular complexity index is 1340. The largest absolute Gasteiger partial charge is 0.366 e. The third-order valence-corrected chi connectivity index (χ3v) is 5.93. The lowest BCUT2D eigenvalue weighted by molar-refractivity contribution is 0.701. The van der Waals surface area contributed by atoms with Crippen LogP contribution in [0.25, 0.3) is 11.0 Å². The minimum absolute atomic E-state index is 0.660. The third kappa shape index (κ3) is 3.50. The van der Waals surface area contributed by atoms with Crippen molar-refractivity contribution in [2.45, 2.75) is 26.8 Å². The Kier molecular flexibility index (Phi) is 5.12. The Morgan fingerprint density at radius 3 is 2.69 bits per heavy atom. The van der Waals surface area contributed by atoms with Crippen LogP contribution >= 0.6 is 0 Å². The lowest BCUT2D eigenvalue weighted by Gasteiger charge is -2.34. The van der Waals surface area contributed by atoms with Crippen LogP contribution in [0.2, 0.25) is 0 Å². The van der Waals surface area contributed by atoms with Gasteiger partial charge in [0.25, 0.3) is 0 Å². The number of nitriles is 1. The maximum atomic E-state index is 9.66. The summed E-state index contributed by atoms with van der Waals surface area (Å²) in [7, 11) is 0. The molecule has 0 saturated carbocycles. The van der Waals surface area contributed by atoms with Crippen molar-refractivity contribution in [3.63, 3.8) is 0 Å². The number of hydrogen-bond donors (Lipinski definition) is 0. The summed E-state index contributed by atoms with van der Waals surface area (Å²) in [6.07, 6.45) is 5.88. The van der Waals surface area contributed by atoms with Crippen molar-refractivity contribution in [1.29, 1.82) is 5.26 Å². The standard InChI is InChI=1S/C25H23N7/c1-3-32(19-5-6-22-23(13-19)28-10-9-27-22)25-20-15-31(11-8-21(20)29-16-30-25)24-7-4-17(2)12-18(24)14-26/h4-7,9-10,12-13,16H,3,8,11,15H2,1-2H3. The zero-order valence-electron chi connectivity index (χ0n) is 18.2. The molecule has 0 radical (unpaired) electrons. The maximum Gasteiger partial charge on any atom is 0.141 e. The minimum atomic E-state index is 0.660. The summed E-state index contributed by atoms with van der Waals surface area (Å²) in [5.41, 5.74) is 7.66. The molecule has 0 spiro atoms. The van der Waals surface area contributed by atoms with Gasteiger partial charge in [0, 0.05) is 49.7 Å². The molecule has 0 atom stereocenters. The van der Waals surface area contributed by atoms with Crippen LogP contribution in [0.3, 0.4) is 0 Å². The summed E-state index contributed by atoms with van der Waals surface area (Å²) in [6, 6.07) is 14.5. The van der Waals surface area contributed by atoms with E-state index in [-0.39, 0.29) is 0 Å². The van der Waals surface area contributed by atoms with E-state index in [1.807, 2.05) is 25.1 Å². The molecule has 32 heavy (non-hydrogen) atoms. The fourth-order valence-electron chi connectivity index (χ4n) is 4.35. The summed E-state index contributed by atoms with van der Waals surface area (Å²) in [6.45, 7) is 6.36. The second-order valence-electron chi connectivity index (χ2n) is 7.90. The Labute approximate surface area is 187 Å². The summed E-state index contributed by atoms with van der Waals surface area (Å²) in [4.78, 5) is 22.5. The molecule has 2 aromatic carbocycles. The van der Waals surface area contributed by atoms with E-state index in [0.717, 1.165) is 64.6 Å². The van der Waals surface area contributed by atoms with Gasteiger partial charge in [0.15, 0.2) is 0 Å². The molecule has 0 aliphatic carbocycles. The van der Waals surface area contributed by atoms with Gasteiger partial charge in [-0.05, 0) is 49.7 Å². The second kappa shape index (κ2) is 8.23. The van der Waals surface area contributed by atoms with Crippen molar-refractivity contribution < 1.29 is 0 Å². The molecular weight excluding hydrogens is 398 g/mol. The van der Waals surface area contributed by atoms with Crippen molar-refractivity contribution in [3.8, 4) is 6.07 Å². The van der Waals surface area contributed by atoms with Gasteiger partial charge < -0.3 is 9.80 Å². The molecule has 1 aliphatic heterocycles. The van der Waals surface area contributed by atoms with Gasteiger partial charge in [0.1, 0.15) is 18.2 Å². The van der Waals surface area contributed by atoms with Gasteiger partial charge in [-0.3, -0.25) is 9.97 Å². The Balaban J connectivity index is 1.55. The van der Waals surface area contributed by atoms with E-state index in [1.165, 1.54) is 0 Å². The predicted molar refractivity (Wildman–Crippen MR) is 125 cm³/mol. The van der Waals surface area contributed by atoms with E-state index in [9.17, 15) is 5.26 Å². The van der Waals surface area contributed by atoms with E-state index in [0.29, 0.717) is 12.1 Å². The average Bonchev–Trinajstić information content (AvgIpc) is 2.84. The normalized spacial score (nSPS) is 13.0. The summed E-state index contributed by atoms with van der Waals surface area (Å²) in [5.74, 6) is 0.899. The van der Waals surface area contributed by atoms with Gasteiger partial charge in [0.05, 0.1) is 28.0 Å². The number of rotatable bonds is 4. The molecule has 7 heteroatoms. The topological polar surface area (TPSA) is 81.8 Å². The molecule has 0 amide bonds. The first kappa shape index (κ1) is 19.9. The van der Waals surface area contributed by atoms with Crippen LogP contribution in [0.5, 0.6) is 0 Å². The predicted octanol–water partition coefficient (Wildman–Crippen LogP) is 4.32. The van der Waals surface area contributed by atoms with E-state index >= 15 is 0 Å². The lowest BCUT2D eigenvalue weighted by atomic mass is 10.0. The van der Waals surface area contributed by atoms with Gasteiger partial charge in [0.2, 0.25) is 0 Å². The van der Waals surface area contributed by atoms with Crippen LogP contribution in [0, 0.1) is 18.3 Å². The molecule has 3 heterocycles. The number of benzene rings is 2. The van der Waals surface area contributed by atoms with Crippen LogP contribution in [-0.2, 0) is 13.0 Å². The van der Waals surface area contributed by atoms with Crippen molar-refractivity contribution in [2.75, 3.05) is 22.9 Å². The fraction of sp³-hybridized carbons (Fsp3) is 0.240. The molecule has 2 aromatic heterocycles. The van der Waals surface area contributed by atoms with Gasteiger partial charge in [-0.1, -0.05) is 6.07 Å². The fourth-order valence-corrected chi connectivity index (χ4v) is 4.35. The molecule has 0 fully saturated rings. The van der Waals surface area contributed by atoms with E-state index in [2.05, 4.69) is 55.9 Å². The quantitative estimate of drug-likeness (QED) is 0.485. The van der Waals surface area contributed by atoms with Crippen molar-refractivity contribution >= 4 is 28.2 Å². The van der Waals surface area contributed by atoms with Crippen molar-refractivity contribution in [1.82, 2.24) is 19.9 Å². The maximum absolute atomic E-state index is 9.66. The first-order valence-electron chi connectivity index (χ1n) is 10.7. The zero-order valence-corrected chi connectivity index (χ0v) is 18.2. The zero-order chi connectivity index (χ0) is 22.1. The summed E-state index contributed by atoms with van der Waals surface area (Å²) < 4.78 is 0. The highest BCUT2D eigenvalue weighted by Crippen LogP contribution is 2.34. The Hall–Kier alpha value is -4.05. The molecule has 0 N–H and O–H groups in total. The number of anilines is 3. The number of aromatic nitrogens is 4. The molecule has 7 nitrogen and oxygen atoms in total. The molecule has 5 rings (SSSR count). The van der Waals surface area contributed by atoms with Gasteiger partial charge in [-0.2, -0.15) is 5.26 Å². The second-order valence-corrected chi connectivity index (χ2v) is 7.90. The molecule has 0 bridgehead atoms. The summed E-state index contributed by atoms with van der Waals surface area (Å²) in [5, 5.41) is 9.66. The highest BCUT2D eigenvalue weighted by molar-refractivity contribution is 5.80. The van der Waals surface area contributed by atoms with Crippen LogP contribution < -0.4 is 9.80 Å². The van der Waals surface area contributed by atoms with Crippen LogP contribution in [0.4, 0.5) is 17.2 Å².